The summed E-state index contributed by atoms with van der Waals surface area (Å²) in [6.45, 7) is 0. The molecule has 0 amide bonds. The zero-order valence-corrected chi connectivity index (χ0v) is 8.53. The van der Waals surface area contributed by atoms with Gasteiger partial charge in [-0.25, -0.2) is 0 Å². The van der Waals surface area contributed by atoms with Crippen LogP contribution < -0.4 is 0 Å². The first-order valence-corrected chi connectivity index (χ1v) is 5.77. The fraction of sp³-hybridized carbons (Fsp3) is 0.333. The zero-order chi connectivity index (χ0) is 9.10. The van der Waals surface area contributed by atoms with Gasteiger partial charge in [-0.3, -0.25) is 0 Å². The molecule has 1 saturated carbocycles. The van der Waals surface area contributed by atoms with Gasteiger partial charge in [-0.05, 0) is 31.2 Å². The Bertz CT molecular complexity index is 353. The Morgan fingerprint density at radius 3 is 2.77 bits per heavy atom. The molecule has 0 nitrogen and oxygen atoms in total. The molecule has 1 aliphatic carbocycles. The molecule has 0 radical (unpaired) electrons. The van der Waals surface area contributed by atoms with Gasteiger partial charge in [0.15, 0.2) is 0 Å². The molecule has 0 unspecified atom stereocenters. The third-order valence-electron chi connectivity index (χ3n) is 2.10. The van der Waals surface area contributed by atoms with Crippen LogP contribution >= 0.6 is 11.8 Å². The molecular weight excluding hydrogens is 176 g/mol. The minimum atomic E-state index is 0.690. The molecule has 0 atom stereocenters. The molecule has 2 rings (SSSR count). The first-order valence-electron chi connectivity index (χ1n) is 4.54. The van der Waals surface area contributed by atoms with Gasteiger partial charge in [0.05, 0.1) is 0 Å². The van der Waals surface area contributed by atoms with E-state index < -0.39 is 0 Å². The van der Waals surface area contributed by atoms with E-state index in [0.717, 1.165) is 0 Å². The molecule has 1 aromatic rings. The number of rotatable bonds is 1. The molecule has 0 saturated heterocycles. The molecule has 0 spiro atoms. The van der Waals surface area contributed by atoms with E-state index in [0.29, 0.717) is 5.92 Å². The Morgan fingerprint density at radius 2 is 2.08 bits per heavy atom. The van der Waals surface area contributed by atoms with Crippen LogP contribution in [0.4, 0.5) is 0 Å². The average molecular weight is 188 g/mol. The summed E-state index contributed by atoms with van der Waals surface area (Å²) < 4.78 is 0. The molecular formula is C12H12S. The average Bonchev–Trinajstić information content (AvgIpc) is 2.99. The number of hydrogen-bond acceptors (Lipinski definition) is 1. The van der Waals surface area contributed by atoms with E-state index in [1.165, 1.54) is 23.3 Å². The second-order valence-corrected chi connectivity index (χ2v) is 4.09. The van der Waals surface area contributed by atoms with Crippen molar-refractivity contribution >= 4 is 11.8 Å². The van der Waals surface area contributed by atoms with Crippen LogP contribution in [-0.2, 0) is 0 Å². The van der Waals surface area contributed by atoms with Crippen LogP contribution in [0.25, 0.3) is 0 Å². The predicted molar refractivity (Wildman–Crippen MR) is 57.8 cm³/mol. The van der Waals surface area contributed by atoms with Crippen LogP contribution in [-0.4, -0.2) is 6.26 Å². The number of benzene rings is 1. The smallest absolute Gasteiger partial charge is 0.0381 e. The maximum Gasteiger partial charge on any atom is 0.0381 e. The third kappa shape index (κ3) is 2.29. The van der Waals surface area contributed by atoms with Crippen molar-refractivity contribution in [3.63, 3.8) is 0 Å². The van der Waals surface area contributed by atoms with E-state index >= 15 is 0 Å². The lowest BCUT2D eigenvalue weighted by atomic mass is 10.2. The summed E-state index contributed by atoms with van der Waals surface area (Å²) in [5.41, 5.74) is 1.18. The van der Waals surface area contributed by atoms with Crippen molar-refractivity contribution in [1.82, 2.24) is 0 Å². The molecule has 1 fully saturated rings. The van der Waals surface area contributed by atoms with Crippen molar-refractivity contribution < 1.29 is 0 Å². The molecule has 0 N–H and O–H groups in total. The van der Waals surface area contributed by atoms with Crippen LogP contribution in [0.5, 0.6) is 0 Å². The second kappa shape index (κ2) is 3.89. The fourth-order valence-electron chi connectivity index (χ4n) is 1.16. The van der Waals surface area contributed by atoms with Gasteiger partial charge in [0.1, 0.15) is 0 Å². The van der Waals surface area contributed by atoms with Gasteiger partial charge in [0, 0.05) is 16.4 Å². The summed E-state index contributed by atoms with van der Waals surface area (Å²) in [6.07, 6.45) is 4.69. The van der Waals surface area contributed by atoms with Crippen LogP contribution in [0.1, 0.15) is 18.4 Å². The lowest BCUT2D eigenvalue weighted by Crippen LogP contribution is -1.78. The molecule has 66 valence electrons. The summed E-state index contributed by atoms with van der Waals surface area (Å²) in [5, 5.41) is 0. The van der Waals surface area contributed by atoms with Crippen LogP contribution in [0, 0.1) is 17.8 Å². The molecule has 0 aromatic heterocycles. The molecule has 0 heterocycles. The van der Waals surface area contributed by atoms with Gasteiger partial charge in [-0.15, -0.1) is 11.8 Å². The van der Waals surface area contributed by atoms with Crippen LogP contribution in [0.2, 0.25) is 0 Å². The maximum absolute atomic E-state index is 3.28. The molecule has 13 heavy (non-hydrogen) atoms. The largest absolute Gasteiger partial charge is 0.128 e. The summed E-state index contributed by atoms with van der Waals surface area (Å²) >= 11 is 1.76. The fourth-order valence-corrected chi connectivity index (χ4v) is 1.71. The molecule has 1 heteroatoms. The monoisotopic (exact) mass is 188 g/mol. The normalized spacial score (nSPS) is 14.8. The van der Waals surface area contributed by atoms with Crippen LogP contribution in [0.15, 0.2) is 29.2 Å². The molecule has 0 aliphatic heterocycles. The summed E-state index contributed by atoms with van der Waals surface area (Å²) in [5.74, 6) is 7.23. The van der Waals surface area contributed by atoms with E-state index in [-0.39, 0.29) is 0 Å². The van der Waals surface area contributed by atoms with E-state index in [2.05, 4.69) is 42.4 Å². The zero-order valence-electron chi connectivity index (χ0n) is 7.71. The lowest BCUT2D eigenvalue weighted by molar-refractivity contribution is 1.18. The van der Waals surface area contributed by atoms with Crippen LogP contribution in [0.3, 0.4) is 0 Å². The second-order valence-electron chi connectivity index (χ2n) is 3.24. The van der Waals surface area contributed by atoms with Gasteiger partial charge in [-0.1, -0.05) is 24.0 Å². The number of thioether (sulfide) groups is 1. The Labute approximate surface area is 83.7 Å². The SMILES string of the molecule is CSc1ccccc1C#CC1CC1. The van der Waals surface area contributed by atoms with E-state index in [1.807, 2.05) is 0 Å². The Balaban J connectivity index is 2.23. The Kier molecular flexibility index (Phi) is 2.61. The molecule has 1 aromatic carbocycles. The van der Waals surface area contributed by atoms with Crippen molar-refractivity contribution in [1.29, 1.82) is 0 Å². The Hall–Kier alpha value is -0.870. The minimum Gasteiger partial charge on any atom is -0.128 e. The van der Waals surface area contributed by atoms with E-state index in [9.17, 15) is 0 Å². The standard InChI is InChI=1S/C12H12S/c1-13-12-5-3-2-4-11(12)9-8-10-6-7-10/h2-5,10H,6-7H2,1H3. The van der Waals surface area contributed by atoms with Crippen molar-refractivity contribution in [2.45, 2.75) is 17.7 Å². The van der Waals surface area contributed by atoms with Gasteiger partial charge in [0.2, 0.25) is 0 Å². The first kappa shape index (κ1) is 8.72. The third-order valence-corrected chi connectivity index (χ3v) is 2.89. The highest BCUT2D eigenvalue weighted by molar-refractivity contribution is 7.98. The van der Waals surface area contributed by atoms with E-state index in [4.69, 9.17) is 0 Å². The maximum atomic E-state index is 3.28. The highest BCUT2D eigenvalue weighted by Crippen LogP contribution is 2.28. The van der Waals surface area contributed by atoms with Gasteiger partial charge < -0.3 is 0 Å². The lowest BCUT2D eigenvalue weighted by Gasteiger charge is -1.98. The summed E-state index contributed by atoms with van der Waals surface area (Å²) in [7, 11) is 0. The first-order chi connectivity index (χ1) is 6.40. The highest BCUT2D eigenvalue weighted by Gasteiger charge is 2.17. The molecule has 0 bridgehead atoms. The van der Waals surface area contributed by atoms with Gasteiger partial charge in [-0.2, -0.15) is 0 Å². The van der Waals surface area contributed by atoms with Crippen molar-refractivity contribution in [2.24, 2.45) is 5.92 Å². The van der Waals surface area contributed by atoms with Gasteiger partial charge >= 0.3 is 0 Å². The van der Waals surface area contributed by atoms with Crippen molar-refractivity contribution in [3.05, 3.63) is 29.8 Å². The van der Waals surface area contributed by atoms with Gasteiger partial charge in [0.25, 0.3) is 0 Å². The molecule has 1 aliphatic rings. The number of hydrogen-bond donors (Lipinski definition) is 0. The topological polar surface area (TPSA) is 0 Å². The minimum absolute atomic E-state index is 0.690. The quantitative estimate of drug-likeness (QED) is 0.482. The van der Waals surface area contributed by atoms with Crippen molar-refractivity contribution in [3.8, 4) is 11.8 Å². The Morgan fingerprint density at radius 1 is 1.31 bits per heavy atom. The highest BCUT2D eigenvalue weighted by atomic mass is 32.2. The van der Waals surface area contributed by atoms with Crippen molar-refractivity contribution in [2.75, 3.05) is 6.26 Å². The van der Waals surface area contributed by atoms with E-state index in [1.54, 1.807) is 11.8 Å². The summed E-state index contributed by atoms with van der Waals surface area (Å²) in [4.78, 5) is 1.29. The predicted octanol–water partition coefficient (Wildman–Crippen LogP) is 3.17. The summed E-state index contributed by atoms with van der Waals surface area (Å²) in [6, 6.07) is 8.34.